The van der Waals surface area contributed by atoms with Crippen LogP contribution < -0.4 is 26.3 Å². The fourth-order valence-electron chi connectivity index (χ4n) is 3.61. The molecule has 4 aromatic rings. The van der Waals surface area contributed by atoms with Crippen LogP contribution in [0.2, 0.25) is 0 Å². The number of nitrogens with zero attached hydrogens (tertiary/aromatic N) is 1. The number of hydrogen-bond donors (Lipinski definition) is 3. The maximum absolute atomic E-state index is 12.7. The number of nitrogens with one attached hydrogen (secondary N) is 1. The molecule has 166 valence electrons. The molecule has 1 aromatic heterocycles. The molecule has 4 rings (SSSR count). The molecule has 0 atom stereocenters. The van der Waals surface area contributed by atoms with Crippen molar-refractivity contribution in [1.82, 2.24) is 4.98 Å². The normalized spacial score (nSPS) is 10.6. The number of amides is 2. The molecule has 3 aromatic carbocycles. The van der Waals surface area contributed by atoms with Crippen LogP contribution in [0, 0.1) is 0 Å². The molecule has 0 bridgehead atoms. The first kappa shape index (κ1) is 21.6. The van der Waals surface area contributed by atoms with Crippen molar-refractivity contribution in [3.8, 4) is 22.8 Å². The summed E-state index contributed by atoms with van der Waals surface area (Å²) in [5.74, 6) is -0.0418. The van der Waals surface area contributed by atoms with E-state index in [2.05, 4.69) is 5.32 Å². The van der Waals surface area contributed by atoms with Gasteiger partial charge in [0.15, 0.2) is 0 Å². The summed E-state index contributed by atoms with van der Waals surface area (Å²) in [6.07, 6.45) is 0. The topological polar surface area (TPSA) is 130 Å². The zero-order valence-electron chi connectivity index (χ0n) is 18.1. The second kappa shape index (κ2) is 8.88. The van der Waals surface area contributed by atoms with Gasteiger partial charge in [-0.2, -0.15) is 0 Å². The van der Waals surface area contributed by atoms with Gasteiger partial charge in [-0.05, 0) is 42.5 Å². The van der Waals surface area contributed by atoms with E-state index in [4.69, 9.17) is 25.9 Å². The lowest BCUT2D eigenvalue weighted by atomic mass is 9.98. The van der Waals surface area contributed by atoms with Crippen molar-refractivity contribution in [3.05, 3.63) is 77.9 Å². The first-order valence-electron chi connectivity index (χ1n) is 10.0. The van der Waals surface area contributed by atoms with Crippen molar-refractivity contribution in [3.63, 3.8) is 0 Å². The van der Waals surface area contributed by atoms with E-state index >= 15 is 0 Å². The number of ether oxygens (including phenoxy) is 2. The Kier molecular flexibility index (Phi) is 5.82. The highest BCUT2D eigenvalue weighted by atomic mass is 16.5. The second-order valence-corrected chi connectivity index (χ2v) is 7.26. The van der Waals surface area contributed by atoms with Crippen molar-refractivity contribution in [2.24, 2.45) is 11.5 Å². The van der Waals surface area contributed by atoms with Crippen LogP contribution >= 0.6 is 0 Å². The minimum atomic E-state index is -0.683. The fourth-order valence-corrected chi connectivity index (χ4v) is 3.61. The molecule has 0 fully saturated rings. The monoisotopic (exact) mass is 442 g/mol. The van der Waals surface area contributed by atoms with Crippen molar-refractivity contribution in [2.75, 3.05) is 19.5 Å². The van der Waals surface area contributed by atoms with Gasteiger partial charge in [-0.3, -0.25) is 9.59 Å². The molecular formula is C25H22N4O4. The Morgan fingerprint density at radius 2 is 1.55 bits per heavy atom. The van der Waals surface area contributed by atoms with Crippen LogP contribution in [-0.4, -0.2) is 31.0 Å². The predicted octanol–water partition coefficient (Wildman–Crippen LogP) is 3.86. The van der Waals surface area contributed by atoms with Gasteiger partial charge in [-0.1, -0.05) is 18.2 Å². The summed E-state index contributed by atoms with van der Waals surface area (Å²) in [5.41, 5.74) is 14.4. The van der Waals surface area contributed by atoms with Gasteiger partial charge in [0.2, 0.25) is 5.91 Å². The van der Waals surface area contributed by atoms with Crippen LogP contribution in [-0.2, 0) is 0 Å². The summed E-state index contributed by atoms with van der Waals surface area (Å²) in [5, 5.41) is 3.80. The van der Waals surface area contributed by atoms with Crippen LogP contribution in [0.4, 0.5) is 11.4 Å². The summed E-state index contributed by atoms with van der Waals surface area (Å²) >= 11 is 0. The molecule has 0 saturated heterocycles. The van der Waals surface area contributed by atoms with Crippen molar-refractivity contribution >= 4 is 34.1 Å². The Hall–Kier alpha value is -4.59. The molecule has 1 heterocycles. The molecule has 0 aliphatic carbocycles. The zero-order chi connectivity index (χ0) is 23.5. The van der Waals surface area contributed by atoms with E-state index in [0.717, 1.165) is 0 Å². The number of fused-ring (bicyclic) bond motifs is 1. The van der Waals surface area contributed by atoms with Crippen LogP contribution in [0.25, 0.3) is 22.2 Å². The number of nitrogens with two attached hydrogens (primary N) is 2. The minimum Gasteiger partial charge on any atom is -0.497 e. The highest BCUT2D eigenvalue weighted by molar-refractivity contribution is 6.13. The maximum atomic E-state index is 12.7. The summed E-state index contributed by atoms with van der Waals surface area (Å²) in [4.78, 5) is 29.3. The number of pyridine rings is 1. The Morgan fingerprint density at radius 3 is 2.21 bits per heavy atom. The van der Waals surface area contributed by atoms with Crippen molar-refractivity contribution < 1.29 is 19.1 Å². The molecule has 0 saturated carbocycles. The number of rotatable bonds is 7. The molecule has 8 heteroatoms. The molecule has 0 spiro atoms. The Morgan fingerprint density at radius 1 is 0.848 bits per heavy atom. The molecule has 8 nitrogen and oxygen atoms in total. The van der Waals surface area contributed by atoms with E-state index in [1.807, 2.05) is 18.2 Å². The van der Waals surface area contributed by atoms with Crippen LogP contribution in [0.15, 0.2) is 66.7 Å². The number of hydrogen-bond acceptors (Lipinski definition) is 6. The van der Waals surface area contributed by atoms with Crippen LogP contribution in [0.1, 0.15) is 20.7 Å². The Labute approximate surface area is 190 Å². The van der Waals surface area contributed by atoms with Gasteiger partial charge in [0.1, 0.15) is 11.5 Å². The summed E-state index contributed by atoms with van der Waals surface area (Å²) in [6.45, 7) is 0. The fraction of sp³-hybridized carbons (Fsp3) is 0.0800. The van der Waals surface area contributed by atoms with Gasteiger partial charge in [0.05, 0.1) is 36.7 Å². The van der Waals surface area contributed by atoms with E-state index in [0.29, 0.717) is 45.0 Å². The van der Waals surface area contributed by atoms with Gasteiger partial charge >= 0.3 is 0 Å². The molecule has 0 aliphatic rings. The van der Waals surface area contributed by atoms with Crippen LogP contribution in [0.3, 0.4) is 0 Å². The second-order valence-electron chi connectivity index (χ2n) is 7.26. The van der Waals surface area contributed by atoms with Gasteiger partial charge in [-0.25, -0.2) is 4.98 Å². The third kappa shape index (κ3) is 4.27. The highest BCUT2D eigenvalue weighted by Gasteiger charge is 2.22. The number of anilines is 2. The molecular weight excluding hydrogens is 420 g/mol. The minimum absolute atomic E-state index is 0.167. The Balaban J connectivity index is 2.04. The van der Waals surface area contributed by atoms with Gasteiger partial charge in [-0.15, -0.1) is 0 Å². The van der Waals surface area contributed by atoms with Gasteiger partial charge in [0.25, 0.3) is 5.91 Å². The predicted molar refractivity (Wildman–Crippen MR) is 127 cm³/mol. The van der Waals surface area contributed by atoms with Crippen molar-refractivity contribution in [1.29, 1.82) is 0 Å². The third-order valence-electron chi connectivity index (χ3n) is 5.20. The lowest BCUT2D eigenvalue weighted by molar-refractivity contribution is 0.0993. The first-order chi connectivity index (χ1) is 15.9. The average Bonchev–Trinajstić information content (AvgIpc) is 2.83. The lowest BCUT2D eigenvalue weighted by Crippen LogP contribution is -2.17. The summed E-state index contributed by atoms with van der Waals surface area (Å²) in [6, 6.07) is 19.3. The third-order valence-corrected chi connectivity index (χ3v) is 5.20. The molecule has 5 N–H and O–H groups in total. The van der Waals surface area contributed by atoms with E-state index in [-0.39, 0.29) is 11.1 Å². The lowest BCUT2D eigenvalue weighted by Gasteiger charge is -2.18. The maximum Gasteiger partial charge on any atom is 0.253 e. The average molecular weight is 442 g/mol. The van der Waals surface area contributed by atoms with Crippen LogP contribution in [0.5, 0.6) is 11.5 Å². The molecule has 0 unspecified atom stereocenters. The SMILES string of the molecule is COc1cccc(Nc2c(C(N)=O)c(-c3cccc(OC)c3)nc3ccc(C(N)=O)cc23)c1. The molecule has 33 heavy (non-hydrogen) atoms. The van der Waals surface area contributed by atoms with Gasteiger partial charge < -0.3 is 26.3 Å². The number of aromatic nitrogens is 1. The van der Waals surface area contributed by atoms with E-state index in [9.17, 15) is 9.59 Å². The van der Waals surface area contributed by atoms with Crippen molar-refractivity contribution in [2.45, 2.75) is 0 Å². The number of benzene rings is 3. The smallest absolute Gasteiger partial charge is 0.253 e. The van der Waals surface area contributed by atoms with Gasteiger partial charge in [0, 0.05) is 28.3 Å². The summed E-state index contributed by atoms with van der Waals surface area (Å²) < 4.78 is 10.6. The molecule has 2 amide bonds. The largest absolute Gasteiger partial charge is 0.497 e. The molecule has 0 radical (unpaired) electrons. The Bertz CT molecular complexity index is 1380. The zero-order valence-corrected chi connectivity index (χ0v) is 18.1. The number of carbonyl (C=O) groups is 2. The number of methoxy groups -OCH3 is 2. The number of primary amides is 2. The van der Waals surface area contributed by atoms with E-state index in [1.165, 1.54) is 0 Å². The quantitative estimate of drug-likeness (QED) is 0.398. The highest BCUT2D eigenvalue weighted by Crippen LogP contribution is 2.37. The van der Waals surface area contributed by atoms with E-state index < -0.39 is 11.8 Å². The molecule has 0 aliphatic heterocycles. The standard InChI is InChI=1S/C25H22N4O4/c1-32-17-7-3-5-14(11-17)22-21(25(27)31)23(28-16-6-4-8-18(13-16)33-2)19-12-15(24(26)30)9-10-20(19)29-22/h3-13H,1-2H3,(H2,26,30)(H2,27,31)(H,28,29). The summed E-state index contributed by atoms with van der Waals surface area (Å²) in [7, 11) is 3.12. The van der Waals surface area contributed by atoms with E-state index in [1.54, 1.807) is 62.8 Å². The number of carbonyl (C=O) groups excluding carboxylic acids is 2. The first-order valence-corrected chi connectivity index (χ1v) is 10.0.